The van der Waals surface area contributed by atoms with Crippen LogP contribution < -0.4 is 11.2 Å². The van der Waals surface area contributed by atoms with E-state index in [0.29, 0.717) is 4.59 Å². The quantitative estimate of drug-likeness (QED) is 0.594. The van der Waals surface area contributed by atoms with Crippen molar-refractivity contribution in [2.24, 2.45) is 5.73 Å². The first-order valence-corrected chi connectivity index (χ1v) is 5.91. The molecule has 0 saturated carbocycles. The highest BCUT2D eigenvalue weighted by molar-refractivity contribution is 5.62. The van der Waals surface area contributed by atoms with Gasteiger partial charge in [0, 0.05) is 18.9 Å². The van der Waals surface area contributed by atoms with Gasteiger partial charge in [-0.25, -0.2) is 9.39 Å². The zero-order valence-electron chi connectivity index (χ0n) is 10.5. The van der Waals surface area contributed by atoms with Crippen LogP contribution in [-0.4, -0.2) is 40.5 Å². The van der Waals surface area contributed by atoms with Crippen LogP contribution in [0.2, 0.25) is 0 Å². The van der Waals surface area contributed by atoms with Crippen molar-refractivity contribution in [2.45, 2.75) is 51.6 Å². The van der Waals surface area contributed by atoms with E-state index in [4.69, 9.17) is 10.8 Å². The molecule has 5 nitrogen and oxygen atoms in total. The fourth-order valence-electron chi connectivity index (χ4n) is 2.40. The lowest BCUT2D eigenvalue weighted by molar-refractivity contribution is -1.00. The fraction of sp³-hybridized carbons (Fsp3) is 0.909. The van der Waals surface area contributed by atoms with E-state index in [1.807, 2.05) is 0 Å². The lowest BCUT2D eigenvalue weighted by Crippen LogP contribution is -2.69. The number of carboxylic acid groups (broad SMARTS) is 1. The summed E-state index contributed by atoms with van der Waals surface area (Å²) in [6.07, 6.45) is 1.87. The van der Waals surface area contributed by atoms with Crippen molar-refractivity contribution in [3.8, 4) is 0 Å². The van der Waals surface area contributed by atoms with Gasteiger partial charge in [-0.2, -0.15) is 5.43 Å². The smallest absolute Gasteiger partial charge is 0.449 e. The normalized spacial score (nSPS) is 31.9. The maximum absolute atomic E-state index is 11.0. The molecule has 0 spiro atoms. The van der Waals surface area contributed by atoms with Gasteiger partial charge in [0.2, 0.25) is 0 Å². The topological polar surface area (TPSA) is 75.3 Å². The number of likely N-dealkylation sites (tertiary alicyclic amines) is 1. The molecule has 2 unspecified atom stereocenters. The Hall–Kier alpha value is -0.810. The van der Waals surface area contributed by atoms with Crippen molar-refractivity contribution < 1.29 is 14.5 Å². The molecule has 5 heteroatoms. The van der Waals surface area contributed by atoms with Crippen LogP contribution in [-0.2, 0) is 0 Å². The third-order valence-electron chi connectivity index (χ3n) is 3.59. The Balaban J connectivity index is 2.90. The molecule has 0 aromatic carbocycles. The number of carbonyl (C=O) groups is 1. The highest BCUT2D eigenvalue weighted by atomic mass is 16.4. The molecular formula is C11H24N3O2+. The number of rotatable bonds is 1. The lowest BCUT2D eigenvalue weighted by Gasteiger charge is -2.46. The van der Waals surface area contributed by atoms with E-state index in [9.17, 15) is 4.79 Å². The fourth-order valence-corrected chi connectivity index (χ4v) is 2.40. The zero-order chi connectivity index (χ0) is 12.4. The monoisotopic (exact) mass is 230 g/mol. The Morgan fingerprint density at radius 2 is 2.00 bits per heavy atom. The molecule has 94 valence electrons. The molecule has 2 atom stereocenters. The zero-order valence-corrected chi connectivity index (χ0v) is 10.5. The first-order valence-electron chi connectivity index (χ1n) is 5.91. The van der Waals surface area contributed by atoms with Gasteiger partial charge in [-0.05, 0) is 27.2 Å². The molecule has 1 aliphatic rings. The maximum Gasteiger partial charge on any atom is 0.449 e. The van der Waals surface area contributed by atoms with E-state index in [1.54, 1.807) is 0 Å². The van der Waals surface area contributed by atoms with Crippen LogP contribution in [0.25, 0.3) is 0 Å². The van der Waals surface area contributed by atoms with E-state index < -0.39 is 6.09 Å². The molecule has 1 aliphatic heterocycles. The Morgan fingerprint density at radius 1 is 1.38 bits per heavy atom. The lowest BCUT2D eigenvalue weighted by atomic mass is 10.0. The second-order valence-corrected chi connectivity index (χ2v) is 5.69. The van der Waals surface area contributed by atoms with E-state index in [-0.39, 0.29) is 11.6 Å². The predicted molar refractivity (Wildman–Crippen MR) is 62.7 cm³/mol. The molecule has 0 aromatic rings. The number of nitrogens with zero attached hydrogens (tertiary/aromatic N) is 1. The third-order valence-corrected chi connectivity index (χ3v) is 3.59. The standard InChI is InChI=1S/C11H23N3O2/c1-11(2,3)14(13-10(15)16)7-4-5-9(12)6-8-14/h9,13H,4-8,12H2,1-3H3/p+1. The van der Waals surface area contributed by atoms with Gasteiger partial charge in [0.05, 0.1) is 0 Å². The van der Waals surface area contributed by atoms with Crippen LogP contribution in [0, 0.1) is 0 Å². The van der Waals surface area contributed by atoms with Crippen molar-refractivity contribution in [3.63, 3.8) is 0 Å². The van der Waals surface area contributed by atoms with Crippen LogP contribution in [0.4, 0.5) is 4.79 Å². The van der Waals surface area contributed by atoms with Crippen LogP contribution >= 0.6 is 0 Å². The van der Waals surface area contributed by atoms with Gasteiger partial charge in [-0.15, -0.1) is 0 Å². The van der Waals surface area contributed by atoms with Crippen LogP contribution in [0.5, 0.6) is 0 Å². The number of hydrogen-bond acceptors (Lipinski definition) is 2. The minimum Gasteiger partial charge on any atom is -0.462 e. The second-order valence-electron chi connectivity index (χ2n) is 5.69. The average molecular weight is 230 g/mol. The van der Waals surface area contributed by atoms with E-state index in [0.717, 1.165) is 32.4 Å². The molecule has 1 fully saturated rings. The summed E-state index contributed by atoms with van der Waals surface area (Å²) in [6.45, 7) is 7.81. The number of nitrogens with one attached hydrogen (secondary N) is 1. The minimum atomic E-state index is -0.953. The van der Waals surface area contributed by atoms with Gasteiger partial charge in [0.25, 0.3) is 0 Å². The van der Waals surface area contributed by atoms with Gasteiger partial charge in [0.1, 0.15) is 18.6 Å². The van der Waals surface area contributed by atoms with Crippen LogP contribution in [0.15, 0.2) is 0 Å². The second kappa shape index (κ2) is 4.59. The summed E-state index contributed by atoms with van der Waals surface area (Å²) in [5, 5.41) is 8.99. The van der Waals surface area contributed by atoms with Gasteiger partial charge in [-0.1, -0.05) is 0 Å². The molecule has 1 rings (SSSR count). The van der Waals surface area contributed by atoms with Gasteiger partial charge >= 0.3 is 6.09 Å². The van der Waals surface area contributed by atoms with Crippen molar-refractivity contribution >= 4 is 6.09 Å². The number of amides is 1. The Kier molecular flexibility index (Phi) is 3.80. The van der Waals surface area contributed by atoms with Gasteiger partial charge < -0.3 is 10.8 Å². The summed E-state index contributed by atoms with van der Waals surface area (Å²) in [4.78, 5) is 11.0. The molecule has 1 amide bonds. The number of hydrogen-bond donors (Lipinski definition) is 3. The third kappa shape index (κ3) is 2.86. The highest BCUT2D eigenvalue weighted by Crippen LogP contribution is 2.26. The molecule has 0 aromatic heterocycles. The summed E-state index contributed by atoms with van der Waals surface area (Å²) in [6, 6.07) is 0.206. The van der Waals surface area contributed by atoms with E-state index in [2.05, 4.69) is 26.2 Å². The molecule has 0 radical (unpaired) electrons. The molecular weight excluding hydrogens is 206 g/mol. The SMILES string of the molecule is CC(C)(C)[N+]1(NC(=O)O)CCCC(N)CC1. The number of nitrogens with two attached hydrogens (primary N) is 1. The summed E-state index contributed by atoms with van der Waals surface area (Å²) in [5.41, 5.74) is 8.50. The van der Waals surface area contributed by atoms with Crippen molar-refractivity contribution in [3.05, 3.63) is 0 Å². The molecule has 0 bridgehead atoms. The maximum atomic E-state index is 11.0. The molecule has 16 heavy (non-hydrogen) atoms. The first kappa shape index (κ1) is 13.3. The molecule has 4 N–H and O–H groups in total. The minimum absolute atomic E-state index is 0.136. The van der Waals surface area contributed by atoms with Crippen LogP contribution in [0.3, 0.4) is 0 Å². The summed E-state index contributed by atoms with van der Waals surface area (Å²) in [7, 11) is 0. The predicted octanol–water partition coefficient (Wildman–Crippen LogP) is 1.30. The van der Waals surface area contributed by atoms with E-state index >= 15 is 0 Å². The Bertz CT molecular complexity index is 262. The van der Waals surface area contributed by atoms with Crippen LogP contribution in [0.1, 0.15) is 40.0 Å². The highest BCUT2D eigenvalue weighted by Gasteiger charge is 2.43. The first-order chi connectivity index (χ1) is 7.27. The molecule has 1 heterocycles. The van der Waals surface area contributed by atoms with Gasteiger partial charge in [0.15, 0.2) is 0 Å². The molecule has 0 aliphatic carbocycles. The van der Waals surface area contributed by atoms with Crippen molar-refractivity contribution in [1.29, 1.82) is 0 Å². The van der Waals surface area contributed by atoms with Crippen molar-refractivity contribution in [2.75, 3.05) is 13.1 Å². The largest absolute Gasteiger partial charge is 0.462 e. The Labute approximate surface area is 97.2 Å². The summed E-state index contributed by atoms with van der Waals surface area (Å²) < 4.78 is 0.413. The summed E-state index contributed by atoms with van der Waals surface area (Å²) >= 11 is 0. The van der Waals surface area contributed by atoms with Gasteiger partial charge in [-0.3, -0.25) is 0 Å². The van der Waals surface area contributed by atoms with Crippen molar-refractivity contribution in [1.82, 2.24) is 5.43 Å². The number of quaternary nitrogens is 1. The average Bonchev–Trinajstić information content (AvgIpc) is 2.27. The Morgan fingerprint density at radius 3 is 2.50 bits per heavy atom. The molecule has 1 saturated heterocycles. The van der Waals surface area contributed by atoms with E-state index in [1.165, 1.54) is 0 Å². The summed E-state index contributed by atoms with van der Waals surface area (Å²) in [5.74, 6) is 0.